The summed E-state index contributed by atoms with van der Waals surface area (Å²) in [5.41, 5.74) is 6.02. The Balaban J connectivity index is 1.49. The van der Waals surface area contributed by atoms with Crippen LogP contribution in [-0.4, -0.2) is 172 Å². The van der Waals surface area contributed by atoms with E-state index in [1.807, 2.05) is 13.8 Å². The van der Waals surface area contributed by atoms with Crippen molar-refractivity contribution in [3.63, 3.8) is 0 Å². The smallest absolute Gasteiger partial charge is 0.326 e. The number of hydrogen-bond donors (Lipinski definition) is 15. The number of guanidine groups is 2. The molecule has 25 nitrogen and oxygen atoms in total. The molecule has 418 valence electrons. The first kappa shape index (κ1) is 62.8. The Morgan fingerprint density at radius 2 is 1.29 bits per heavy atom. The number of aliphatic carboxylic acids is 1. The van der Waals surface area contributed by atoms with E-state index in [1.54, 1.807) is 40.0 Å². The highest BCUT2D eigenvalue weighted by atomic mass is 32.1. The highest BCUT2D eigenvalue weighted by Crippen LogP contribution is 2.23. The van der Waals surface area contributed by atoms with E-state index in [0.717, 1.165) is 0 Å². The molecular weight excluding hydrogens is 993 g/mol. The molecule has 75 heavy (non-hydrogen) atoms. The summed E-state index contributed by atoms with van der Waals surface area (Å²) in [5, 5.41) is 60.1. The number of carboxylic acids is 1. The summed E-state index contributed by atoms with van der Waals surface area (Å²) in [6.07, 6.45) is 3.00. The molecule has 0 bridgehead atoms. The van der Waals surface area contributed by atoms with Crippen LogP contribution >= 0.6 is 12.6 Å². The molecule has 8 unspecified atom stereocenters. The molecule has 1 aromatic carbocycles. The van der Waals surface area contributed by atoms with Gasteiger partial charge in [0.2, 0.25) is 47.3 Å². The maximum atomic E-state index is 14.1. The van der Waals surface area contributed by atoms with E-state index in [9.17, 15) is 53.4 Å². The monoisotopic (exact) mass is 1070 g/mol. The quantitative estimate of drug-likeness (QED) is 0.0223. The number of carbonyl (C=O) groups is 9. The number of phenolic OH excluding ortho intramolecular Hbond substituents is 1. The Morgan fingerprint density at radius 3 is 1.83 bits per heavy atom. The minimum Gasteiger partial charge on any atom is -0.508 e. The highest BCUT2D eigenvalue weighted by Gasteiger charge is 2.41. The van der Waals surface area contributed by atoms with Crippen LogP contribution in [0.4, 0.5) is 0 Å². The molecule has 2 fully saturated rings. The number of likely N-dealkylation sites (tertiary alicyclic amines) is 2. The molecule has 2 aliphatic heterocycles. The number of likely N-dealkylation sites (N-methyl/N-ethyl adjacent to an activating group) is 1. The van der Waals surface area contributed by atoms with Crippen molar-refractivity contribution in [2.75, 3.05) is 39.0 Å². The summed E-state index contributed by atoms with van der Waals surface area (Å²) < 4.78 is 0. The number of aromatic hydroxyl groups is 1. The number of amides is 8. The van der Waals surface area contributed by atoms with Crippen molar-refractivity contribution in [2.24, 2.45) is 17.1 Å². The fourth-order valence-electron chi connectivity index (χ4n) is 8.75. The minimum absolute atomic E-state index is 0.0158. The third-order valence-electron chi connectivity index (χ3n) is 12.7. The standard InChI is InChI=1S/C49H80N14O11S/c1-27(2)24-34(46(73)74)58-43(70)38(49(4,5)6)59-40(67)33(25-29-16-18-30(65)19-17-29)57-41(68)36-14-10-22-62(36)44(71)31(50)12-8-20-54-47(51)60-39(66)32(53-7)13-9-21-55-48(52)61-42(69)37-15-11-23-63(37)45(72)35(26-75)56-28(3)64/h16-19,27,31-38,53,65,75H,8-15,20-26,50H2,1-7H3,(H,56,64)(H,57,68)(H,58,70)(H,59,67)(H,73,74)(H3,51,54,60,66)(H3,52,55,61,69). The molecule has 2 aliphatic rings. The lowest BCUT2D eigenvalue weighted by atomic mass is 9.85. The van der Waals surface area contributed by atoms with E-state index in [0.29, 0.717) is 50.6 Å². The van der Waals surface area contributed by atoms with Crippen LogP contribution in [-0.2, 0) is 49.6 Å². The van der Waals surface area contributed by atoms with Gasteiger partial charge in [-0.15, -0.1) is 0 Å². The van der Waals surface area contributed by atoms with E-state index in [2.05, 4.69) is 60.5 Å². The molecule has 2 heterocycles. The number of nitrogens with two attached hydrogens (primary N) is 1. The zero-order valence-electron chi connectivity index (χ0n) is 44.1. The van der Waals surface area contributed by atoms with Crippen LogP contribution in [0.3, 0.4) is 0 Å². The highest BCUT2D eigenvalue weighted by molar-refractivity contribution is 7.80. The molecule has 26 heteroatoms. The number of carboxylic acid groups (broad SMARTS) is 1. The van der Waals surface area contributed by atoms with Crippen molar-refractivity contribution < 1.29 is 53.4 Å². The zero-order chi connectivity index (χ0) is 56.2. The van der Waals surface area contributed by atoms with E-state index < -0.39 is 107 Å². The van der Waals surface area contributed by atoms with Gasteiger partial charge in [0.05, 0.1) is 12.1 Å². The number of nitrogens with one attached hydrogen (secondary N) is 11. The zero-order valence-corrected chi connectivity index (χ0v) is 45.0. The van der Waals surface area contributed by atoms with Gasteiger partial charge < -0.3 is 63.0 Å². The number of phenols is 1. The molecule has 0 aromatic heterocycles. The number of thiol groups is 1. The molecular formula is C49H80N14O11S. The summed E-state index contributed by atoms with van der Waals surface area (Å²) in [7, 11) is 1.58. The molecule has 1 aromatic rings. The van der Waals surface area contributed by atoms with Crippen LogP contribution in [0.5, 0.6) is 5.75 Å². The first-order chi connectivity index (χ1) is 35.3. The summed E-state index contributed by atoms with van der Waals surface area (Å²) >= 11 is 4.15. The Morgan fingerprint density at radius 1 is 0.733 bits per heavy atom. The first-order valence-electron chi connectivity index (χ1n) is 25.4. The number of hydrogen-bond acceptors (Lipinski definition) is 15. The Bertz CT molecular complexity index is 2190. The summed E-state index contributed by atoms with van der Waals surface area (Å²) in [5.74, 6) is -6.21. The fourth-order valence-corrected chi connectivity index (χ4v) is 9.00. The molecule has 0 aliphatic carbocycles. The van der Waals surface area contributed by atoms with Crippen LogP contribution in [0, 0.1) is 22.2 Å². The summed E-state index contributed by atoms with van der Waals surface area (Å²) in [4.78, 5) is 121. The van der Waals surface area contributed by atoms with Crippen molar-refractivity contribution in [2.45, 2.75) is 154 Å². The lowest BCUT2D eigenvalue weighted by molar-refractivity contribution is -0.143. The largest absolute Gasteiger partial charge is 0.508 e. The van der Waals surface area contributed by atoms with Crippen molar-refractivity contribution >= 4 is 77.8 Å². The molecule has 8 atom stereocenters. The predicted molar refractivity (Wildman–Crippen MR) is 282 cm³/mol. The summed E-state index contributed by atoms with van der Waals surface area (Å²) in [6, 6.07) is -2.07. The minimum atomic E-state index is -1.26. The van der Waals surface area contributed by atoms with Crippen LogP contribution in [0.2, 0.25) is 0 Å². The Labute approximate surface area is 443 Å². The number of nitrogens with zero attached hydrogens (tertiary/aromatic N) is 2. The number of rotatable bonds is 26. The molecule has 2 saturated heterocycles. The summed E-state index contributed by atoms with van der Waals surface area (Å²) in [6.45, 7) is 11.0. The maximum absolute atomic E-state index is 14.1. The van der Waals surface area contributed by atoms with Crippen molar-refractivity contribution in [1.82, 2.24) is 57.7 Å². The van der Waals surface area contributed by atoms with Crippen LogP contribution < -0.4 is 53.6 Å². The van der Waals surface area contributed by atoms with E-state index >= 15 is 0 Å². The average molecular weight is 1070 g/mol. The average Bonchev–Trinajstić information content (AvgIpc) is 4.04. The van der Waals surface area contributed by atoms with Crippen molar-refractivity contribution in [3.05, 3.63) is 29.8 Å². The molecule has 8 amide bonds. The van der Waals surface area contributed by atoms with Crippen LogP contribution in [0.15, 0.2) is 24.3 Å². The fraction of sp³-hybridized carbons (Fsp3) is 0.653. The van der Waals surface area contributed by atoms with Crippen LogP contribution in [0.1, 0.15) is 105 Å². The van der Waals surface area contributed by atoms with Crippen LogP contribution in [0.25, 0.3) is 0 Å². The third-order valence-corrected chi connectivity index (χ3v) is 13.1. The third kappa shape index (κ3) is 20.3. The molecule has 0 radical (unpaired) electrons. The van der Waals surface area contributed by atoms with Gasteiger partial charge in [-0.3, -0.25) is 59.8 Å². The van der Waals surface area contributed by atoms with Gasteiger partial charge in [-0.05, 0) is 93.9 Å². The predicted octanol–water partition coefficient (Wildman–Crippen LogP) is -1.26. The second kappa shape index (κ2) is 30.1. The van der Waals surface area contributed by atoms with Gasteiger partial charge in [0.1, 0.15) is 42.0 Å². The van der Waals surface area contributed by atoms with Gasteiger partial charge in [-0.1, -0.05) is 46.8 Å². The number of carbonyl (C=O) groups excluding carboxylic acids is 8. The van der Waals surface area contributed by atoms with E-state index in [4.69, 9.17) is 16.6 Å². The van der Waals surface area contributed by atoms with Gasteiger partial charge in [0, 0.05) is 45.3 Å². The second-order valence-corrected chi connectivity index (χ2v) is 20.8. The van der Waals surface area contributed by atoms with E-state index in [1.165, 1.54) is 28.9 Å². The first-order valence-corrected chi connectivity index (χ1v) is 26.0. The molecule has 0 spiro atoms. The van der Waals surface area contributed by atoms with Gasteiger partial charge >= 0.3 is 5.97 Å². The van der Waals surface area contributed by atoms with Crippen molar-refractivity contribution in [1.29, 1.82) is 10.8 Å². The number of benzene rings is 1. The Kier molecular flexibility index (Phi) is 25.2. The van der Waals surface area contributed by atoms with E-state index in [-0.39, 0.29) is 74.7 Å². The Hall–Kier alpha value is -6.54. The van der Waals surface area contributed by atoms with Gasteiger partial charge in [0.15, 0.2) is 11.9 Å². The van der Waals surface area contributed by atoms with Gasteiger partial charge in [0.25, 0.3) is 0 Å². The molecule has 0 saturated carbocycles. The van der Waals surface area contributed by atoms with Gasteiger partial charge in [-0.2, -0.15) is 12.6 Å². The maximum Gasteiger partial charge on any atom is 0.326 e. The lowest BCUT2D eigenvalue weighted by Gasteiger charge is -2.33. The lowest BCUT2D eigenvalue weighted by Crippen LogP contribution is -2.61. The second-order valence-electron chi connectivity index (χ2n) is 20.4. The normalized spacial score (nSPS) is 17.8. The SMILES string of the molecule is CNC(CCCNC(=N)NC(=O)C1CCCN1C(=O)C(CS)NC(C)=O)C(=O)NC(=N)NCCCC(N)C(=O)N1CCCC1C(=O)NC(Cc1ccc(O)cc1)C(=O)NC(C(=O)NC(CC(C)C)C(=O)O)C(C)(C)C. The van der Waals surface area contributed by atoms with Crippen molar-refractivity contribution in [3.8, 4) is 5.75 Å². The topological polar surface area (TPSA) is 383 Å². The van der Waals surface area contributed by atoms with Gasteiger partial charge in [-0.25, -0.2) is 4.79 Å². The molecule has 3 rings (SSSR count). The molecule has 15 N–H and O–H groups in total.